The summed E-state index contributed by atoms with van der Waals surface area (Å²) in [6.45, 7) is 0. The number of halogens is 4. The van der Waals surface area contributed by atoms with E-state index in [1.807, 2.05) is 48.5 Å². The zero-order chi connectivity index (χ0) is 20.8. The molecule has 5 aromatic rings. The minimum Gasteiger partial charge on any atom is -0.207 e. The average Bonchev–Trinajstić information content (AvgIpc) is 2.70. The molecule has 0 nitrogen and oxygen atoms in total. The van der Waals surface area contributed by atoms with Crippen molar-refractivity contribution in [1.29, 1.82) is 0 Å². The Morgan fingerprint density at radius 2 is 0.633 bits per heavy atom. The van der Waals surface area contributed by atoms with Crippen LogP contribution >= 0.6 is 0 Å². The van der Waals surface area contributed by atoms with Gasteiger partial charge in [0.25, 0.3) is 0 Å². The molecule has 5 rings (SSSR count). The van der Waals surface area contributed by atoms with Gasteiger partial charge in [0.15, 0.2) is 0 Å². The highest BCUT2D eigenvalue weighted by Crippen LogP contribution is 2.43. The predicted octanol–water partition coefficient (Wildman–Crippen LogP) is 7.88. The highest BCUT2D eigenvalue weighted by Gasteiger charge is 2.18. The molecule has 0 aromatic heterocycles. The van der Waals surface area contributed by atoms with Crippen LogP contribution in [0.3, 0.4) is 0 Å². The second-order valence-corrected chi connectivity index (χ2v) is 7.16. The van der Waals surface area contributed by atoms with Gasteiger partial charge in [-0.25, -0.2) is 17.6 Å². The van der Waals surface area contributed by atoms with Crippen LogP contribution in [0.4, 0.5) is 17.6 Å². The first-order valence-electron chi connectivity index (χ1n) is 9.37. The number of benzene rings is 5. The lowest BCUT2D eigenvalue weighted by Crippen LogP contribution is -1.93. The van der Waals surface area contributed by atoms with Gasteiger partial charge in [0.1, 0.15) is 23.3 Å². The molecule has 0 saturated carbocycles. The van der Waals surface area contributed by atoms with Crippen LogP contribution < -0.4 is 0 Å². The Morgan fingerprint density at radius 3 is 0.900 bits per heavy atom. The van der Waals surface area contributed by atoms with E-state index in [1.165, 1.54) is 24.3 Å². The van der Waals surface area contributed by atoms with Crippen molar-refractivity contribution in [2.24, 2.45) is 0 Å². The molecule has 0 unspecified atom stereocenters. The first-order chi connectivity index (χ1) is 14.5. The van der Waals surface area contributed by atoms with Gasteiger partial charge in [-0.2, -0.15) is 0 Å². The zero-order valence-corrected chi connectivity index (χ0v) is 15.6. The maximum Gasteiger partial charge on any atom is 0.126 e. The lowest BCUT2D eigenvalue weighted by Gasteiger charge is -2.18. The summed E-state index contributed by atoms with van der Waals surface area (Å²) in [6, 6.07) is 21.5. The maximum atomic E-state index is 14.0. The van der Waals surface area contributed by atoms with Gasteiger partial charge >= 0.3 is 0 Å². The van der Waals surface area contributed by atoms with Gasteiger partial charge in [-0.3, -0.25) is 0 Å². The summed E-state index contributed by atoms with van der Waals surface area (Å²) in [4.78, 5) is 0. The third-order valence-corrected chi connectivity index (χ3v) is 5.23. The number of rotatable bonds is 2. The van der Waals surface area contributed by atoms with Crippen LogP contribution in [0.15, 0.2) is 84.9 Å². The summed E-state index contributed by atoms with van der Waals surface area (Å²) < 4.78 is 56.1. The van der Waals surface area contributed by atoms with E-state index < -0.39 is 23.3 Å². The van der Waals surface area contributed by atoms with Crippen LogP contribution in [-0.2, 0) is 0 Å². The summed E-state index contributed by atoms with van der Waals surface area (Å²) in [7, 11) is 0. The Hall–Kier alpha value is -3.66. The number of hydrogen-bond donors (Lipinski definition) is 0. The van der Waals surface area contributed by atoms with Gasteiger partial charge in [-0.1, -0.05) is 48.5 Å². The van der Waals surface area contributed by atoms with Crippen molar-refractivity contribution < 1.29 is 17.6 Å². The molecule has 146 valence electrons. The third kappa shape index (κ3) is 3.01. The van der Waals surface area contributed by atoms with Gasteiger partial charge in [0.05, 0.1) is 0 Å². The molecule has 0 aliphatic rings. The van der Waals surface area contributed by atoms with Crippen molar-refractivity contribution in [2.45, 2.75) is 0 Å². The Morgan fingerprint density at radius 1 is 0.367 bits per heavy atom. The summed E-state index contributed by atoms with van der Waals surface area (Å²) in [5.74, 6) is -2.69. The average molecular weight is 402 g/mol. The zero-order valence-electron chi connectivity index (χ0n) is 15.6. The molecule has 0 atom stereocenters. The Balaban J connectivity index is 1.99. The lowest BCUT2D eigenvalue weighted by molar-refractivity contribution is 0.583. The van der Waals surface area contributed by atoms with Crippen LogP contribution in [0, 0.1) is 23.3 Å². The van der Waals surface area contributed by atoms with Crippen molar-refractivity contribution >= 4 is 21.5 Å². The van der Waals surface area contributed by atoms with Crippen LogP contribution in [0.2, 0.25) is 0 Å². The molecule has 0 bridgehead atoms. The van der Waals surface area contributed by atoms with E-state index in [0.717, 1.165) is 33.7 Å². The van der Waals surface area contributed by atoms with E-state index >= 15 is 0 Å². The van der Waals surface area contributed by atoms with E-state index in [1.54, 1.807) is 0 Å². The van der Waals surface area contributed by atoms with Gasteiger partial charge < -0.3 is 0 Å². The van der Waals surface area contributed by atoms with Gasteiger partial charge in [-0.05, 0) is 68.1 Å². The monoisotopic (exact) mass is 402 g/mol. The highest BCUT2D eigenvalue weighted by atomic mass is 19.1. The van der Waals surface area contributed by atoms with E-state index in [-0.39, 0.29) is 0 Å². The van der Waals surface area contributed by atoms with E-state index in [4.69, 9.17) is 0 Å². The summed E-state index contributed by atoms with van der Waals surface area (Å²) in [5.41, 5.74) is 2.13. The minimum atomic E-state index is -0.672. The van der Waals surface area contributed by atoms with Crippen molar-refractivity contribution in [3.05, 3.63) is 108 Å². The van der Waals surface area contributed by atoms with E-state index in [0.29, 0.717) is 22.3 Å². The van der Waals surface area contributed by atoms with Crippen LogP contribution in [-0.4, -0.2) is 0 Å². The van der Waals surface area contributed by atoms with Crippen molar-refractivity contribution in [3.8, 4) is 22.3 Å². The molecule has 0 saturated heterocycles. The molecule has 30 heavy (non-hydrogen) atoms. The topological polar surface area (TPSA) is 0 Å². The number of fused-ring (bicyclic) bond motifs is 2. The van der Waals surface area contributed by atoms with Crippen molar-refractivity contribution in [2.75, 3.05) is 0 Å². The van der Waals surface area contributed by atoms with Crippen molar-refractivity contribution in [1.82, 2.24) is 0 Å². The highest BCUT2D eigenvalue weighted by molar-refractivity contribution is 6.21. The fraction of sp³-hybridized carbons (Fsp3) is 0. The summed E-state index contributed by atoms with van der Waals surface area (Å²) in [6.07, 6.45) is 0. The van der Waals surface area contributed by atoms with Crippen molar-refractivity contribution in [3.63, 3.8) is 0 Å². The largest absolute Gasteiger partial charge is 0.207 e. The minimum absolute atomic E-state index is 0.400. The predicted molar refractivity (Wildman–Crippen MR) is 112 cm³/mol. The van der Waals surface area contributed by atoms with E-state index in [9.17, 15) is 17.6 Å². The summed E-state index contributed by atoms with van der Waals surface area (Å²) >= 11 is 0. The molecule has 0 aliphatic heterocycles. The second-order valence-electron chi connectivity index (χ2n) is 7.16. The van der Waals surface area contributed by atoms with Crippen LogP contribution in [0.1, 0.15) is 0 Å². The maximum absolute atomic E-state index is 14.0. The fourth-order valence-electron chi connectivity index (χ4n) is 4.15. The molecule has 0 radical (unpaired) electrons. The molecule has 0 fully saturated rings. The first kappa shape index (κ1) is 18.4. The summed E-state index contributed by atoms with van der Waals surface area (Å²) in [5, 5.41) is 2.95. The van der Waals surface area contributed by atoms with Gasteiger partial charge in [0, 0.05) is 12.1 Å². The Labute approximate surface area is 170 Å². The molecule has 0 heterocycles. The molecule has 0 spiro atoms. The Bertz CT molecular complexity index is 1230. The quantitative estimate of drug-likeness (QED) is 0.208. The van der Waals surface area contributed by atoms with Crippen LogP contribution in [0.25, 0.3) is 43.8 Å². The van der Waals surface area contributed by atoms with Gasteiger partial charge in [0.2, 0.25) is 0 Å². The molecular weight excluding hydrogens is 388 g/mol. The molecule has 4 heteroatoms. The second kappa shape index (κ2) is 6.99. The smallest absolute Gasteiger partial charge is 0.126 e. The molecule has 0 aliphatic carbocycles. The first-order valence-corrected chi connectivity index (χ1v) is 9.37. The van der Waals surface area contributed by atoms with E-state index in [2.05, 4.69) is 0 Å². The fourth-order valence-corrected chi connectivity index (χ4v) is 4.15. The lowest BCUT2D eigenvalue weighted by atomic mass is 9.86. The third-order valence-electron chi connectivity index (χ3n) is 5.23. The standard InChI is InChI=1S/C26H14F4/c27-17-9-15(10-18(28)13-17)25-21-5-1-2-6-22(21)26(24-8-4-3-7-23(24)25)16-11-19(29)14-20(30)12-16/h1-14H. The molecular formula is C26H14F4. The normalized spacial score (nSPS) is 11.3. The van der Waals surface area contributed by atoms with Crippen LogP contribution in [0.5, 0.6) is 0 Å². The molecule has 0 N–H and O–H groups in total. The Kier molecular flexibility index (Phi) is 4.28. The van der Waals surface area contributed by atoms with Gasteiger partial charge in [-0.15, -0.1) is 0 Å². The molecule has 0 amide bonds. The number of hydrogen-bond acceptors (Lipinski definition) is 0. The SMILES string of the molecule is Fc1cc(F)cc(-c2c3ccccc3c(-c3cc(F)cc(F)c3)c3ccccc23)c1. The molecule has 5 aromatic carbocycles.